The number of halogens is 4. The van der Waals surface area contributed by atoms with Crippen LogP contribution in [0.15, 0.2) is 164 Å². The summed E-state index contributed by atoms with van der Waals surface area (Å²) in [5, 5.41) is 21.7. The molecule has 0 radical (unpaired) electrons. The van der Waals surface area contributed by atoms with Crippen LogP contribution in [0.2, 0.25) is 0 Å². The molecule has 0 bridgehead atoms. The fraction of sp³-hybridized carbons (Fsp3) is 0.408. The van der Waals surface area contributed by atoms with Crippen LogP contribution in [0, 0.1) is 16.2 Å². The lowest BCUT2D eigenvalue weighted by molar-refractivity contribution is -0.174. The Morgan fingerprint density at radius 2 is 0.942 bits per heavy atom. The number of nitrogens with zero attached hydrogens (tertiary/aromatic N) is 5. The Balaban J connectivity index is 0.000000157. The molecule has 1 amide bonds. The first-order valence-corrected chi connectivity index (χ1v) is 30.3. The molecule has 3 unspecified atom stereocenters. The van der Waals surface area contributed by atoms with Crippen molar-refractivity contribution in [1.82, 2.24) is 35.1 Å². The average molecular weight is 1170 g/mol. The van der Waals surface area contributed by atoms with E-state index in [0.717, 1.165) is 78.9 Å². The van der Waals surface area contributed by atoms with Gasteiger partial charge in [-0.25, -0.2) is 0 Å². The number of nitrogens with one attached hydrogen (secondary N) is 2. The third-order valence-electron chi connectivity index (χ3n) is 17.8. The van der Waals surface area contributed by atoms with Crippen LogP contribution in [-0.2, 0) is 19.1 Å². The lowest BCUT2D eigenvalue weighted by Crippen LogP contribution is -2.43. The normalized spacial score (nSPS) is 15.9. The number of hydrogen-bond donors (Lipinski definition) is 2. The van der Waals surface area contributed by atoms with Gasteiger partial charge in [0.1, 0.15) is 0 Å². The van der Waals surface area contributed by atoms with Crippen LogP contribution in [0.25, 0.3) is 32.7 Å². The van der Waals surface area contributed by atoms with Gasteiger partial charge in [-0.2, -0.15) is 32.9 Å². The van der Waals surface area contributed by atoms with Gasteiger partial charge in [0, 0.05) is 40.5 Å². The zero-order valence-corrected chi connectivity index (χ0v) is 50.5. The quantitative estimate of drug-likeness (QED) is 0.0451. The van der Waals surface area contributed by atoms with E-state index in [0.29, 0.717) is 12.1 Å². The van der Waals surface area contributed by atoms with Crippen LogP contribution in [-0.4, -0.2) is 67.5 Å². The summed E-state index contributed by atoms with van der Waals surface area (Å²) < 4.78 is 61.8. The fourth-order valence-corrected chi connectivity index (χ4v) is 13.3. The highest BCUT2D eigenvalue weighted by Crippen LogP contribution is 2.46. The average Bonchev–Trinajstić information content (AvgIpc) is 1.54. The lowest BCUT2D eigenvalue weighted by Gasteiger charge is -2.35. The van der Waals surface area contributed by atoms with Gasteiger partial charge in [-0.05, 0) is 129 Å². The van der Waals surface area contributed by atoms with Crippen LogP contribution in [0.3, 0.4) is 0 Å². The van der Waals surface area contributed by atoms with Crippen molar-refractivity contribution in [3.63, 3.8) is 0 Å². The second-order valence-corrected chi connectivity index (χ2v) is 25.2. The zero-order valence-electron chi connectivity index (χ0n) is 50.5. The largest absolute Gasteiger partial charge is 0.471 e. The number of H-pyrrole nitrogens is 1. The Morgan fingerprint density at radius 1 is 0.535 bits per heavy atom. The number of carbonyl (C=O) groups excluding carboxylic acids is 3. The first kappa shape index (κ1) is 62.6. The monoisotopic (exact) mass is 1170 g/mol. The van der Waals surface area contributed by atoms with E-state index in [2.05, 4.69) is 73.4 Å². The molecular formula is C71H81F4N7O4. The van der Waals surface area contributed by atoms with Crippen LogP contribution in [0.4, 0.5) is 17.6 Å². The van der Waals surface area contributed by atoms with Crippen molar-refractivity contribution in [2.75, 3.05) is 13.7 Å². The second-order valence-electron chi connectivity index (χ2n) is 25.2. The molecule has 9 aromatic rings. The number of methoxy groups -OCH3 is 1. The number of amides is 1. The molecule has 2 aliphatic rings. The highest BCUT2D eigenvalue weighted by molar-refractivity contribution is 5.84. The summed E-state index contributed by atoms with van der Waals surface area (Å²) >= 11 is 0. The molecular weight excluding hydrogens is 1090 g/mol. The molecule has 0 aliphatic heterocycles. The maximum atomic E-state index is 14.0. The topological polar surface area (TPSA) is 137 Å². The molecule has 6 aromatic carbocycles. The molecule has 3 aromatic heterocycles. The Labute approximate surface area is 502 Å². The van der Waals surface area contributed by atoms with Crippen molar-refractivity contribution in [2.24, 2.45) is 16.2 Å². The number of ether oxygens (including phenoxy) is 1. The van der Waals surface area contributed by atoms with Gasteiger partial charge in [0.25, 0.3) is 0 Å². The van der Waals surface area contributed by atoms with Crippen LogP contribution >= 0.6 is 0 Å². The molecule has 3 atom stereocenters. The molecule has 86 heavy (non-hydrogen) atoms. The Bertz CT molecular complexity index is 3690. The van der Waals surface area contributed by atoms with E-state index in [9.17, 15) is 31.9 Å². The summed E-state index contributed by atoms with van der Waals surface area (Å²) in [6.07, 6.45) is 15.5. The number of aromatic nitrogens is 6. The number of benzene rings is 6. The maximum Gasteiger partial charge on any atom is 0.471 e. The molecule has 15 heteroatoms. The summed E-state index contributed by atoms with van der Waals surface area (Å²) in [4.78, 5) is 35.8. The van der Waals surface area contributed by atoms with Crippen molar-refractivity contribution >= 4 is 50.6 Å². The number of hydrogen-bond acceptors (Lipinski definition) is 7. The van der Waals surface area contributed by atoms with Crippen LogP contribution < -0.4 is 5.32 Å². The summed E-state index contributed by atoms with van der Waals surface area (Å²) in [7, 11) is 1.44. The van der Waals surface area contributed by atoms with Gasteiger partial charge >= 0.3 is 24.1 Å². The van der Waals surface area contributed by atoms with Crippen molar-refractivity contribution in [3.05, 3.63) is 198 Å². The van der Waals surface area contributed by atoms with E-state index in [-0.39, 0.29) is 30.3 Å². The number of alkyl halides is 3. The molecule has 11 rings (SSSR count). The molecule has 2 N–H and O–H groups in total. The zero-order chi connectivity index (χ0) is 61.2. The standard InChI is InChI=1S/C27H32F3N3O.C25H29FN2O.C19H20N2O2/c1-26(2,18-31-25(34)27(28,29)30)24(19-10-6-5-7-11-19)20-14-15-23-21(16-20)17-32-33(23)22-12-8-3-4-9-13-22;1-25(2,24(26)29)23(18-10-6-5-7-11-18)19-14-15-22-20(16-19)17-27-28(22)21-12-8-3-4-9-13-21;1-19(2,18(22)23-3)17(13-7-5-4-6-8-13)14-9-10-16-15(11-14)12-20-21-16/h5-7,10-11,14-17,22,24H,3-4,8-9,12-13,18H2,1-2H3,(H,31,34);5-7,10-11,14-17,21,23H,3-4,8-9,12-13H2,1-2H3;4-12,17H,1-3H3,(H,20,21). The predicted octanol–water partition coefficient (Wildman–Crippen LogP) is 17.2. The van der Waals surface area contributed by atoms with E-state index in [1.54, 1.807) is 20.0 Å². The number of fused-ring (bicyclic) bond motifs is 3. The molecule has 11 nitrogen and oxygen atoms in total. The van der Waals surface area contributed by atoms with Gasteiger partial charge in [-0.15, -0.1) is 0 Å². The van der Waals surface area contributed by atoms with Crippen LogP contribution in [0.1, 0.15) is 182 Å². The van der Waals surface area contributed by atoms with E-state index < -0.39 is 34.4 Å². The van der Waals surface area contributed by atoms with Crippen LogP contribution in [0.5, 0.6) is 0 Å². The highest BCUT2D eigenvalue weighted by Gasteiger charge is 2.43. The van der Waals surface area contributed by atoms with Gasteiger partial charge in [-0.1, -0.05) is 174 Å². The van der Waals surface area contributed by atoms with Crippen molar-refractivity contribution in [3.8, 4) is 0 Å². The highest BCUT2D eigenvalue weighted by atomic mass is 19.4. The third kappa shape index (κ3) is 14.3. The molecule has 0 saturated heterocycles. The Morgan fingerprint density at radius 3 is 1.37 bits per heavy atom. The molecule has 2 saturated carbocycles. The van der Waals surface area contributed by atoms with Gasteiger partial charge < -0.3 is 10.1 Å². The predicted molar refractivity (Wildman–Crippen MR) is 332 cm³/mol. The van der Waals surface area contributed by atoms with Gasteiger partial charge in [0.2, 0.25) is 0 Å². The van der Waals surface area contributed by atoms with Gasteiger partial charge in [-0.3, -0.25) is 28.8 Å². The van der Waals surface area contributed by atoms with E-state index >= 15 is 0 Å². The number of aromatic amines is 1. The van der Waals surface area contributed by atoms with Crippen molar-refractivity contribution in [2.45, 2.75) is 155 Å². The summed E-state index contributed by atoms with van der Waals surface area (Å²) in [6.45, 7) is 10.9. The van der Waals surface area contributed by atoms with Gasteiger partial charge in [0.05, 0.1) is 65.2 Å². The molecule has 2 aliphatic carbocycles. The maximum absolute atomic E-state index is 14.0. The number of rotatable bonds is 15. The molecule has 3 heterocycles. The lowest BCUT2D eigenvalue weighted by atomic mass is 9.71. The minimum atomic E-state index is -4.90. The third-order valence-corrected chi connectivity index (χ3v) is 17.8. The fourth-order valence-electron chi connectivity index (χ4n) is 13.3. The van der Waals surface area contributed by atoms with Crippen molar-refractivity contribution in [1.29, 1.82) is 0 Å². The van der Waals surface area contributed by atoms with E-state index in [4.69, 9.17) is 14.9 Å². The second kappa shape index (κ2) is 27.2. The number of carbonyl (C=O) groups is 3. The molecule has 452 valence electrons. The SMILES string of the molecule is CC(C)(C(=O)F)C(c1ccccc1)c1ccc2c(cnn2C2CCCCCC2)c1.CC(C)(CNC(=O)C(F)(F)F)C(c1ccccc1)c1ccc2c(cnn2C2CCCCCC2)c1.COC(=O)C(C)(C)C(c1ccccc1)c1ccc2[nH]ncc2c1. The van der Waals surface area contributed by atoms with E-state index in [1.807, 2.05) is 137 Å². The van der Waals surface area contributed by atoms with Crippen molar-refractivity contribution < 1.29 is 36.7 Å². The smallest absolute Gasteiger partial charge is 0.469 e. The summed E-state index contributed by atoms with van der Waals surface area (Å²) in [6, 6.07) is 47.7. The van der Waals surface area contributed by atoms with Gasteiger partial charge in [0.15, 0.2) is 0 Å². The summed E-state index contributed by atoms with van der Waals surface area (Å²) in [5.41, 5.74) is 6.71. The minimum Gasteiger partial charge on any atom is -0.469 e. The number of esters is 1. The molecule has 0 spiro atoms. The summed E-state index contributed by atoms with van der Waals surface area (Å²) in [5.74, 6) is -2.80. The minimum absolute atomic E-state index is 0.101. The van der Waals surface area contributed by atoms with E-state index in [1.165, 1.54) is 71.3 Å². The molecule has 2 fully saturated rings. The first-order valence-electron chi connectivity index (χ1n) is 30.3. The Hall–Kier alpha value is -7.94. The first-order chi connectivity index (χ1) is 41.2. The Kier molecular flexibility index (Phi) is 19.8.